The molecular formula is C9H11NO4S. The Balaban J connectivity index is 2.11. The number of hydrogen-bond donors (Lipinski definition) is 2. The molecule has 1 aromatic rings. The number of thiophene rings is 1. The maximum atomic E-state index is 11.1. The number of nitrogens with one attached hydrogen (secondary N) is 1. The molecule has 0 spiro atoms. The zero-order valence-electron chi connectivity index (χ0n) is 7.93. The summed E-state index contributed by atoms with van der Waals surface area (Å²) in [4.78, 5) is 22.2. The van der Waals surface area contributed by atoms with E-state index >= 15 is 0 Å². The van der Waals surface area contributed by atoms with E-state index in [0.717, 1.165) is 4.88 Å². The summed E-state index contributed by atoms with van der Waals surface area (Å²) in [6, 6.07) is 3.80. The number of aliphatic carboxylic acids is 1. The summed E-state index contributed by atoms with van der Waals surface area (Å²) in [5.41, 5.74) is 0. The molecule has 2 N–H and O–H groups in total. The average molecular weight is 229 g/mol. The van der Waals surface area contributed by atoms with Crippen LogP contribution in [0.15, 0.2) is 17.5 Å². The maximum Gasteiger partial charge on any atom is 0.329 e. The van der Waals surface area contributed by atoms with Gasteiger partial charge in [-0.2, -0.15) is 0 Å². The average Bonchev–Trinajstić information content (AvgIpc) is 2.66. The highest BCUT2D eigenvalue weighted by molar-refractivity contribution is 7.09. The summed E-state index contributed by atoms with van der Waals surface area (Å²) in [6.07, 6.45) is 0. The topological polar surface area (TPSA) is 75.6 Å². The molecule has 82 valence electrons. The van der Waals surface area contributed by atoms with Crippen molar-refractivity contribution >= 4 is 23.2 Å². The standard InChI is InChI=1S/C9H11NO4S/c11-8(5-14-6-9(12)13)10-4-7-2-1-3-15-7/h1-3H,4-6H2,(H,10,11)(H,12,13). The Morgan fingerprint density at radius 1 is 1.47 bits per heavy atom. The van der Waals surface area contributed by atoms with Crippen molar-refractivity contribution in [3.8, 4) is 0 Å². The summed E-state index contributed by atoms with van der Waals surface area (Å²) in [5.74, 6) is -1.40. The van der Waals surface area contributed by atoms with Gasteiger partial charge >= 0.3 is 5.97 Å². The molecule has 5 nitrogen and oxygen atoms in total. The minimum absolute atomic E-state index is 0.225. The molecule has 1 rings (SSSR count). The Hall–Kier alpha value is -1.40. The monoisotopic (exact) mass is 229 g/mol. The van der Waals surface area contributed by atoms with Gasteiger partial charge < -0.3 is 15.2 Å². The fraction of sp³-hybridized carbons (Fsp3) is 0.333. The predicted molar refractivity (Wildman–Crippen MR) is 54.6 cm³/mol. The molecule has 0 aliphatic rings. The molecule has 1 aromatic heterocycles. The second-order valence-corrected chi connectivity index (χ2v) is 3.77. The molecule has 0 unspecified atom stereocenters. The molecule has 0 saturated carbocycles. The summed E-state index contributed by atoms with van der Waals surface area (Å²) in [7, 11) is 0. The zero-order valence-corrected chi connectivity index (χ0v) is 8.75. The molecular weight excluding hydrogens is 218 g/mol. The quantitative estimate of drug-likeness (QED) is 0.743. The van der Waals surface area contributed by atoms with Gasteiger partial charge in [0.05, 0.1) is 6.54 Å². The van der Waals surface area contributed by atoms with Gasteiger partial charge in [0.15, 0.2) is 0 Å². The van der Waals surface area contributed by atoms with E-state index in [0.29, 0.717) is 6.54 Å². The summed E-state index contributed by atoms with van der Waals surface area (Å²) >= 11 is 1.54. The summed E-state index contributed by atoms with van der Waals surface area (Å²) in [6.45, 7) is -0.225. The fourth-order valence-corrected chi connectivity index (χ4v) is 1.53. The van der Waals surface area contributed by atoms with E-state index in [2.05, 4.69) is 10.1 Å². The van der Waals surface area contributed by atoms with Crippen molar-refractivity contribution in [1.29, 1.82) is 0 Å². The Kier molecular flexibility index (Phi) is 4.79. The van der Waals surface area contributed by atoms with Crippen molar-refractivity contribution in [1.82, 2.24) is 5.32 Å². The third-order valence-electron chi connectivity index (χ3n) is 1.50. The lowest BCUT2D eigenvalue weighted by molar-refractivity contribution is -0.143. The number of rotatable bonds is 6. The zero-order chi connectivity index (χ0) is 11.1. The number of amides is 1. The molecule has 0 aromatic carbocycles. The van der Waals surface area contributed by atoms with Gasteiger partial charge in [0.1, 0.15) is 13.2 Å². The van der Waals surface area contributed by atoms with Crippen LogP contribution < -0.4 is 5.32 Å². The van der Waals surface area contributed by atoms with Crippen LogP contribution in [-0.2, 0) is 20.9 Å². The molecule has 0 bridgehead atoms. The van der Waals surface area contributed by atoms with E-state index in [9.17, 15) is 9.59 Å². The first-order valence-corrected chi connectivity index (χ1v) is 5.15. The van der Waals surface area contributed by atoms with Crippen LogP contribution in [0, 0.1) is 0 Å². The van der Waals surface area contributed by atoms with E-state index < -0.39 is 12.6 Å². The van der Waals surface area contributed by atoms with Gasteiger partial charge in [0.2, 0.25) is 5.91 Å². The van der Waals surface area contributed by atoms with Gasteiger partial charge in [-0.15, -0.1) is 11.3 Å². The minimum Gasteiger partial charge on any atom is -0.480 e. The first kappa shape index (κ1) is 11.7. The van der Waals surface area contributed by atoms with Crippen molar-refractivity contribution in [2.45, 2.75) is 6.54 Å². The SMILES string of the molecule is O=C(O)COCC(=O)NCc1cccs1. The number of ether oxygens (including phenoxy) is 1. The molecule has 6 heteroatoms. The van der Waals surface area contributed by atoms with Crippen molar-refractivity contribution in [3.63, 3.8) is 0 Å². The number of carboxylic acid groups (broad SMARTS) is 1. The Bertz CT molecular complexity index is 323. The Morgan fingerprint density at radius 2 is 2.27 bits per heavy atom. The van der Waals surface area contributed by atoms with Crippen LogP contribution in [0.25, 0.3) is 0 Å². The van der Waals surface area contributed by atoms with Gasteiger partial charge in [-0.05, 0) is 11.4 Å². The second kappa shape index (κ2) is 6.15. The van der Waals surface area contributed by atoms with Gasteiger partial charge in [0, 0.05) is 4.88 Å². The van der Waals surface area contributed by atoms with Crippen LogP contribution >= 0.6 is 11.3 Å². The van der Waals surface area contributed by atoms with E-state index in [4.69, 9.17) is 5.11 Å². The summed E-state index contributed by atoms with van der Waals surface area (Å²) in [5, 5.41) is 12.8. The van der Waals surface area contributed by atoms with E-state index in [1.807, 2.05) is 17.5 Å². The highest BCUT2D eigenvalue weighted by Gasteiger charge is 2.03. The lowest BCUT2D eigenvalue weighted by Crippen LogP contribution is -2.27. The van der Waals surface area contributed by atoms with Crippen LogP contribution in [0.3, 0.4) is 0 Å². The minimum atomic E-state index is -1.08. The highest BCUT2D eigenvalue weighted by atomic mass is 32.1. The molecule has 0 aliphatic heterocycles. The van der Waals surface area contributed by atoms with Crippen LogP contribution in [0.5, 0.6) is 0 Å². The predicted octanol–water partition coefficient (Wildman–Crippen LogP) is 0.465. The van der Waals surface area contributed by atoms with Gasteiger partial charge in [-0.25, -0.2) is 4.79 Å². The van der Waals surface area contributed by atoms with Gasteiger partial charge in [-0.3, -0.25) is 4.79 Å². The molecule has 0 atom stereocenters. The van der Waals surface area contributed by atoms with E-state index in [1.54, 1.807) is 11.3 Å². The van der Waals surface area contributed by atoms with E-state index in [-0.39, 0.29) is 12.5 Å². The van der Waals surface area contributed by atoms with Crippen LogP contribution in [0.2, 0.25) is 0 Å². The van der Waals surface area contributed by atoms with Crippen molar-refractivity contribution in [2.75, 3.05) is 13.2 Å². The smallest absolute Gasteiger partial charge is 0.329 e. The Labute approximate surface area is 90.7 Å². The summed E-state index contributed by atoms with van der Waals surface area (Å²) < 4.78 is 4.62. The fourth-order valence-electron chi connectivity index (χ4n) is 0.881. The molecule has 15 heavy (non-hydrogen) atoms. The van der Waals surface area contributed by atoms with Gasteiger partial charge in [0.25, 0.3) is 0 Å². The van der Waals surface area contributed by atoms with Crippen molar-refractivity contribution in [2.24, 2.45) is 0 Å². The largest absolute Gasteiger partial charge is 0.480 e. The highest BCUT2D eigenvalue weighted by Crippen LogP contribution is 2.06. The molecule has 0 radical (unpaired) electrons. The second-order valence-electron chi connectivity index (χ2n) is 2.74. The van der Waals surface area contributed by atoms with Crippen molar-refractivity contribution in [3.05, 3.63) is 22.4 Å². The maximum absolute atomic E-state index is 11.1. The lowest BCUT2D eigenvalue weighted by atomic mass is 10.4. The molecule has 0 fully saturated rings. The van der Waals surface area contributed by atoms with Crippen LogP contribution in [-0.4, -0.2) is 30.2 Å². The molecule has 0 aliphatic carbocycles. The number of carbonyl (C=O) groups excluding carboxylic acids is 1. The molecule has 1 heterocycles. The number of carbonyl (C=O) groups is 2. The van der Waals surface area contributed by atoms with Crippen LogP contribution in [0.1, 0.15) is 4.88 Å². The molecule has 1 amide bonds. The lowest BCUT2D eigenvalue weighted by Gasteiger charge is -2.03. The third kappa shape index (κ3) is 5.14. The third-order valence-corrected chi connectivity index (χ3v) is 2.37. The number of hydrogen-bond acceptors (Lipinski definition) is 4. The Morgan fingerprint density at radius 3 is 2.87 bits per heavy atom. The first-order chi connectivity index (χ1) is 7.18. The normalized spacial score (nSPS) is 9.87. The van der Waals surface area contributed by atoms with Crippen molar-refractivity contribution < 1.29 is 19.4 Å². The van der Waals surface area contributed by atoms with Gasteiger partial charge in [-0.1, -0.05) is 6.07 Å². The molecule has 0 saturated heterocycles. The van der Waals surface area contributed by atoms with Crippen LogP contribution in [0.4, 0.5) is 0 Å². The number of carboxylic acids is 1. The first-order valence-electron chi connectivity index (χ1n) is 4.27. The van der Waals surface area contributed by atoms with E-state index in [1.165, 1.54) is 0 Å².